The lowest BCUT2D eigenvalue weighted by Crippen LogP contribution is -2.61. The molecule has 2 fully saturated rings. The molecule has 1 aromatic carbocycles. The average Bonchev–Trinajstić information content (AvgIpc) is 3.03. The van der Waals surface area contributed by atoms with Crippen molar-refractivity contribution in [3.8, 4) is 0 Å². The van der Waals surface area contributed by atoms with Crippen molar-refractivity contribution in [1.29, 1.82) is 0 Å². The van der Waals surface area contributed by atoms with Crippen LogP contribution in [0, 0.1) is 17.8 Å². The van der Waals surface area contributed by atoms with Crippen LogP contribution in [0.3, 0.4) is 0 Å². The van der Waals surface area contributed by atoms with E-state index in [0.717, 1.165) is 0 Å². The van der Waals surface area contributed by atoms with Crippen LogP contribution in [0.5, 0.6) is 0 Å². The summed E-state index contributed by atoms with van der Waals surface area (Å²) in [4.78, 5) is 25.2. The largest absolute Gasteiger partial charge is 0.394 e. The van der Waals surface area contributed by atoms with E-state index in [0.29, 0.717) is 23.8 Å². The first-order chi connectivity index (χ1) is 13.4. The summed E-state index contributed by atoms with van der Waals surface area (Å²) in [7, 11) is 1.51. The molecule has 5 N–H and O–H groups in total. The van der Waals surface area contributed by atoms with Crippen LogP contribution in [0.15, 0.2) is 36.0 Å². The minimum absolute atomic E-state index is 0.0957. The molecule has 1 saturated carbocycles. The number of likely N-dealkylation sites (N-methyl/N-ethyl adjacent to an activating group) is 1. The van der Waals surface area contributed by atoms with E-state index < -0.39 is 17.5 Å². The summed E-state index contributed by atoms with van der Waals surface area (Å²) in [5, 5.41) is 14.9. The number of carbonyl (C=O) groups is 2. The Morgan fingerprint density at radius 3 is 2.75 bits per heavy atom. The SMILES string of the molecule is CNC(=O)C1=CC(C(N)=O)(C2[C@H]3COC[C@@H]23)N([C@H](CO)c2cccc(Cl)c2)N1. The fraction of sp³-hybridized carbons (Fsp3) is 0.474. The second-order valence-electron chi connectivity index (χ2n) is 7.45. The highest BCUT2D eigenvalue weighted by Crippen LogP contribution is 2.60. The number of halogens is 1. The zero-order valence-electron chi connectivity index (χ0n) is 15.4. The van der Waals surface area contributed by atoms with Crippen molar-refractivity contribution >= 4 is 23.4 Å². The van der Waals surface area contributed by atoms with Gasteiger partial charge in [0.25, 0.3) is 5.91 Å². The fourth-order valence-electron chi connectivity index (χ4n) is 4.68. The molecule has 3 aliphatic rings. The van der Waals surface area contributed by atoms with Crippen LogP contribution in [0.4, 0.5) is 0 Å². The highest BCUT2D eigenvalue weighted by atomic mass is 35.5. The van der Waals surface area contributed by atoms with E-state index in [1.54, 1.807) is 29.3 Å². The average molecular weight is 407 g/mol. The number of hydrogen-bond donors (Lipinski definition) is 4. The zero-order chi connectivity index (χ0) is 20.1. The summed E-state index contributed by atoms with van der Waals surface area (Å²) in [6.45, 7) is 0.820. The third kappa shape index (κ3) is 2.79. The van der Waals surface area contributed by atoms with Gasteiger partial charge in [-0.25, -0.2) is 0 Å². The standard InChI is InChI=1S/C19H23ClN4O4/c1-22-17(26)14-6-19(18(21)27,16-12-8-28-9-13(12)16)24(23-14)15(7-25)10-3-2-4-11(20)5-10/h2-6,12-13,15-16,23,25H,7-9H2,1H3,(H2,21,27)(H,22,26)/t12-,13+,15-,16?,19?/m1/s1. The summed E-state index contributed by atoms with van der Waals surface area (Å²) in [5.74, 6) is -0.648. The number of hydrazine groups is 1. The van der Waals surface area contributed by atoms with Crippen LogP contribution in [-0.2, 0) is 14.3 Å². The Kier molecular flexibility index (Phi) is 4.83. The van der Waals surface area contributed by atoms with E-state index in [4.69, 9.17) is 22.1 Å². The third-order valence-corrected chi connectivity index (χ3v) is 6.28. The minimum atomic E-state index is -1.25. The topological polar surface area (TPSA) is 117 Å². The number of nitrogens with zero attached hydrogens (tertiary/aromatic N) is 1. The molecule has 0 bridgehead atoms. The number of primary amides is 1. The number of carbonyl (C=O) groups excluding carboxylic acids is 2. The molecule has 0 radical (unpaired) electrons. The van der Waals surface area contributed by atoms with Gasteiger partial charge in [-0.15, -0.1) is 0 Å². The molecule has 2 unspecified atom stereocenters. The Balaban J connectivity index is 1.79. The van der Waals surface area contributed by atoms with Crippen molar-refractivity contribution < 1.29 is 19.4 Å². The summed E-state index contributed by atoms with van der Waals surface area (Å²) in [6.07, 6.45) is 1.60. The molecule has 150 valence electrons. The Morgan fingerprint density at radius 1 is 1.46 bits per heavy atom. The maximum absolute atomic E-state index is 12.8. The van der Waals surface area contributed by atoms with Gasteiger partial charge >= 0.3 is 0 Å². The molecule has 28 heavy (non-hydrogen) atoms. The predicted molar refractivity (Wildman–Crippen MR) is 102 cm³/mol. The first-order valence-corrected chi connectivity index (χ1v) is 9.56. The van der Waals surface area contributed by atoms with Gasteiger partial charge in [-0.05, 0) is 35.6 Å². The van der Waals surface area contributed by atoms with Gasteiger partial charge in [0.05, 0.1) is 25.9 Å². The van der Waals surface area contributed by atoms with E-state index in [-0.39, 0.29) is 36.0 Å². The number of fused-ring (bicyclic) bond motifs is 1. The van der Waals surface area contributed by atoms with Crippen molar-refractivity contribution in [3.63, 3.8) is 0 Å². The number of rotatable bonds is 6. The van der Waals surface area contributed by atoms with Crippen molar-refractivity contribution in [2.24, 2.45) is 23.5 Å². The number of nitrogens with one attached hydrogen (secondary N) is 2. The number of hydrogen-bond acceptors (Lipinski definition) is 6. The predicted octanol–water partition coefficient (Wildman–Crippen LogP) is -0.0600. The highest BCUT2D eigenvalue weighted by Gasteiger charge is 2.69. The smallest absolute Gasteiger partial charge is 0.268 e. The van der Waals surface area contributed by atoms with Crippen LogP contribution in [0.1, 0.15) is 11.6 Å². The number of nitrogens with two attached hydrogens (primary N) is 1. The van der Waals surface area contributed by atoms with Crippen LogP contribution >= 0.6 is 11.6 Å². The molecule has 1 aliphatic carbocycles. The van der Waals surface area contributed by atoms with Crippen molar-refractivity contribution in [2.45, 2.75) is 11.6 Å². The molecule has 0 spiro atoms. The number of aliphatic hydroxyl groups excluding tert-OH is 1. The summed E-state index contributed by atoms with van der Waals surface area (Å²) in [5.41, 5.74) is 8.64. The molecular formula is C19H23ClN4O4. The van der Waals surface area contributed by atoms with E-state index in [1.807, 2.05) is 6.07 Å². The first kappa shape index (κ1) is 19.2. The van der Waals surface area contributed by atoms with Gasteiger partial charge in [0.1, 0.15) is 11.2 Å². The molecule has 1 aromatic rings. The fourth-order valence-corrected chi connectivity index (χ4v) is 4.88. The van der Waals surface area contributed by atoms with Crippen LogP contribution in [0.2, 0.25) is 5.02 Å². The van der Waals surface area contributed by atoms with Gasteiger partial charge in [-0.1, -0.05) is 23.7 Å². The normalized spacial score (nSPS) is 32.2. The van der Waals surface area contributed by atoms with Gasteiger partial charge in [-0.3, -0.25) is 9.59 Å². The van der Waals surface area contributed by atoms with Crippen molar-refractivity contribution in [3.05, 3.63) is 46.6 Å². The van der Waals surface area contributed by atoms with E-state index >= 15 is 0 Å². The van der Waals surface area contributed by atoms with Crippen molar-refractivity contribution in [2.75, 3.05) is 26.9 Å². The van der Waals surface area contributed by atoms with Gasteiger partial charge < -0.3 is 26.3 Å². The Hall–Kier alpha value is -2.13. The molecule has 5 atom stereocenters. The molecule has 9 heteroatoms. The van der Waals surface area contributed by atoms with Crippen molar-refractivity contribution in [1.82, 2.24) is 15.8 Å². The second kappa shape index (κ2) is 7.04. The van der Waals surface area contributed by atoms with Gasteiger partial charge in [0, 0.05) is 18.0 Å². The Labute approximate surface area is 167 Å². The van der Waals surface area contributed by atoms with Crippen LogP contribution < -0.4 is 16.5 Å². The van der Waals surface area contributed by atoms with E-state index in [9.17, 15) is 14.7 Å². The summed E-state index contributed by atoms with van der Waals surface area (Å²) < 4.78 is 5.48. The Morgan fingerprint density at radius 2 is 2.18 bits per heavy atom. The summed E-state index contributed by atoms with van der Waals surface area (Å²) >= 11 is 6.13. The number of benzene rings is 1. The molecule has 2 amide bonds. The first-order valence-electron chi connectivity index (χ1n) is 9.19. The van der Waals surface area contributed by atoms with Crippen LogP contribution in [-0.4, -0.2) is 54.3 Å². The number of ether oxygens (including phenoxy) is 1. The molecule has 8 nitrogen and oxygen atoms in total. The van der Waals surface area contributed by atoms with E-state index in [2.05, 4.69) is 10.7 Å². The molecule has 1 saturated heterocycles. The van der Waals surface area contributed by atoms with E-state index in [1.165, 1.54) is 7.05 Å². The maximum atomic E-state index is 12.8. The Bertz CT molecular complexity index is 837. The number of amides is 2. The van der Waals surface area contributed by atoms with Gasteiger partial charge in [0.2, 0.25) is 5.91 Å². The maximum Gasteiger partial charge on any atom is 0.268 e. The molecule has 2 heterocycles. The summed E-state index contributed by atoms with van der Waals surface area (Å²) in [6, 6.07) is 6.41. The molecule has 0 aromatic heterocycles. The minimum Gasteiger partial charge on any atom is -0.394 e. The molecular weight excluding hydrogens is 384 g/mol. The lowest BCUT2D eigenvalue weighted by atomic mass is 9.86. The zero-order valence-corrected chi connectivity index (χ0v) is 16.1. The monoisotopic (exact) mass is 406 g/mol. The quantitative estimate of drug-likeness (QED) is 0.526. The second-order valence-corrected chi connectivity index (χ2v) is 7.89. The van der Waals surface area contributed by atoms with Crippen LogP contribution in [0.25, 0.3) is 0 Å². The third-order valence-electron chi connectivity index (χ3n) is 6.05. The lowest BCUT2D eigenvalue weighted by molar-refractivity contribution is -0.133. The molecule has 4 rings (SSSR count). The number of aliphatic hydroxyl groups is 1. The lowest BCUT2D eigenvalue weighted by Gasteiger charge is -2.41. The van der Waals surface area contributed by atoms with Gasteiger partial charge in [-0.2, -0.15) is 5.01 Å². The highest BCUT2D eigenvalue weighted by molar-refractivity contribution is 6.30. The van der Waals surface area contributed by atoms with Gasteiger partial charge in [0.15, 0.2) is 0 Å². The molecule has 2 aliphatic heterocycles.